The molecule has 0 aliphatic rings. The van der Waals surface area contributed by atoms with E-state index in [-0.39, 0.29) is 0 Å². The van der Waals surface area contributed by atoms with Gasteiger partial charge < -0.3 is 5.73 Å². The van der Waals surface area contributed by atoms with Crippen molar-refractivity contribution in [2.75, 3.05) is 6.54 Å². The summed E-state index contributed by atoms with van der Waals surface area (Å²) in [5.74, 6) is 0.477. The summed E-state index contributed by atoms with van der Waals surface area (Å²) in [4.78, 5) is 6.92. The maximum atomic E-state index is 5.79. The van der Waals surface area contributed by atoms with E-state index < -0.39 is 0 Å². The lowest BCUT2D eigenvalue weighted by Crippen LogP contribution is -2.08. The Labute approximate surface area is 106 Å². The highest BCUT2D eigenvalue weighted by Crippen LogP contribution is 2.23. The second-order valence-corrected chi connectivity index (χ2v) is 5.87. The van der Waals surface area contributed by atoms with Crippen molar-refractivity contribution in [3.05, 3.63) is 28.0 Å². The summed E-state index contributed by atoms with van der Waals surface area (Å²) in [6.07, 6.45) is 4.33. The summed E-state index contributed by atoms with van der Waals surface area (Å²) >= 11 is 1.72. The number of aromatic nitrogens is 2. The second-order valence-electron chi connectivity index (χ2n) is 4.65. The van der Waals surface area contributed by atoms with Crippen molar-refractivity contribution >= 4 is 22.4 Å². The SMILES string of the molecule is Cc1cn2c(C=C(CN)C(C)C)c(C)nc2s1. The molecule has 2 rings (SSSR count). The Morgan fingerprint density at radius 1 is 1.53 bits per heavy atom. The van der Waals surface area contributed by atoms with E-state index in [2.05, 4.69) is 49.4 Å². The lowest BCUT2D eigenvalue weighted by Gasteiger charge is -2.08. The van der Waals surface area contributed by atoms with Gasteiger partial charge in [0.1, 0.15) is 0 Å². The highest BCUT2D eigenvalue weighted by molar-refractivity contribution is 7.17. The number of thiazole rings is 1. The Kier molecular flexibility index (Phi) is 3.35. The predicted molar refractivity (Wildman–Crippen MR) is 74.4 cm³/mol. The number of rotatable bonds is 3. The molecule has 92 valence electrons. The van der Waals surface area contributed by atoms with Gasteiger partial charge in [-0.25, -0.2) is 4.98 Å². The van der Waals surface area contributed by atoms with Crippen molar-refractivity contribution in [1.29, 1.82) is 0 Å². The first kappa shape index (κ1) is 12.3. The van der Waals surface area contributed by atoms with E-state index in [4.69, 9.17) is 5.73 Å². The van der Waals surface area contributed by atoms with Gasteiger partial charge in [0.15, 0.2) is 4.96 Å². The molecule has 0 bridgehead atoms. The van der Waals surface area contributed by atoms with E-state index in [0.29, 0.717) is 12.5 Å². The number of hydrogen-bond acceptors (Lipinski definition) is 3. The zero-order valence-electron chi connectivity index (χ0n) is 10.8. The molecule has 0 saturated carbocycles. The third-order valence-electron chi connectivity index (χ3n) is 2.96. The molecular weight excluding hydrogens is 230 g/mol. The minimum absolute atomic E-state index is 0.477. The first-order valence-corrected chi connectivity index (χ1v) is 6.70. The molecule has 3 nitrogen and oxygen atoms in total. The van der Waals surface area contributed by atoms with Crippen LogP contribution in [-0.4, -0.2) is 15.9 Å². The van der Waals surface area contributed by atoms with Crippen LogP contribution >= 0.6 is 11.3 Å². The molecule has 0 atom stereocenters. The van der Waals surface area contributed by atoms with Gasteiger partial charge in [-0.3, -0.25) is 4.40 Å². The number of aryl methyl sites for hydroxylation is 2. The third-order valence-corrected chi connectivity index (χ3v) is 3.86. The van der Waals surface area contributed by atoms with Crippen LogP contribution in [0.1, 0.15) is 30.1 Å². The van der Waals surface area contributed by atoms with Gasteiger partial charge in [-0.15, -0.1) is 11.3 Å². The van der Waals surface area contributed by atoms with Gasteiger partial charge in [-0.1, -0.05) is 19.4 Å². The number of fused-ring (bicyclic) bond motifs is 1. The average molecular weight is 249 g/mol. The van der Waals surface area contributed by atoms with E-state index >= 15 is 0 Å². The van der Waals surface area contributed by atoms with Crippen LogP contribution < -0.4 is 5.73 Å². The molecule has 0 aromatic carbocycles. The van der Waals surface area contributed by atoms with Crippen molar-refractivity contribution in [2.45, 2.75) is 27.7 Å². The van der Waals surface area contributed by atoms with E-state index in [1.807, 2.05) is 0 Å². The van der Waals surface area contributed by atoms with Crippen LogP contribution in [-0.2, 0) is 0 Å². The first-order valence-electron chi connectivity index (χ1n) is 5.88. The molecule has 2 heterocycles. The van der Waals surface area contributed by atoms with E-state index in [1.165, 1.54) is 16.1 Å². The fourth-order valence-electron chi connectivity index (χ4n) is 1.89. The second kappa shape index (κ2) is 4.63. The minimum atomic E-state index is 0.477. The van der Waals surface area contributed by atoms with Crippen LogP contribution in [0.2, 0.25) is 0 Å². The average Bonchev–Trinajstić information content (AvgIpc) is 2.71. The molecule has 0 aliphatic carbocycles. The summed E-state index contributed by atoms with van der Waals surface area (Å²) in [6, 6.07) is 0. The number of imidazole rings is 1. The summed E-state index contributed by atoms with van der Waals surface area (Å²) < 4.78 is 2.16. The molecule has 2 N–H and O–H groups in total. The van der Waals surface area contributed by atoms with Crippen molar-refractivity contribution in [2.24, 2.45) is 11.7 Å². The molecule has 0 spiro atoms. The van der Waals surface area contributed by atoms with Gasteiger partial charge >= 0.3 is 0 Å². The van der Waals surface area contributed by atoms with Gasteiger partial charge in [-0.2, -0.15) is 0 Å². The van der Waals surface area contributed by atoms with Crippen molar-refractivity contribution in [1.82, 2.24) is 9.38 Å². The van der Waals surface area contributed by atoms with Crippen molar-refractivity contribution in [3.63, 3.8) is 0 Å². The summed E-state index contributed by atoms with van der Waals surface area (Å²) in [6.45, 7) is 9.10. The lowest BCUT2D eigenvalue weighted by atomic mass is 10.0. The normalized spacial score (nSPS) is 12.9. The minimum Gasteiger partial charge on any atom is -0.327 e. The van der Waals surface area contributed by atoms with E-state index in [1.54, 1.807) is 11.3 Å². The Morgan fingerprint density at radius 2 is 2.24 bits per heavy atom. The van der Waals surface area contributed by atoms with Gasteiger partial charge in [0.25, 0.3) is 0 Å². The molecule has 0 unspecified atom stereocenters. The Morgan fingerprint density at radius 3 is 2.82 bits per heavy atom. The maximum Gasteiger partial charge on any atom is 0.194 e. The van der Waals surface area contributed by atoms with Crippen molar-refractivity contribution in [3.8, 4) is 0 Å². The van der Waals surface area contributed by atoms with Crippen LogP contribution in [0.5, 0.6) is 0 Å². The van der Waals surface area contributed by atoms with Crippen LogP contribution in [0.15, 0.2) is 11.8 Å². The zero-order valence-corrected chi connectivity index (χ0v) is 11.6. The topological polar surface area (TPSA) is 43.3 Å². The molecule has 0 fully saturated rings. The van der Waals surface area contributed by atoms with Gasteiger partial charge in [0.2, 0.25) is 0 Å². The van der Waals surface area contributed by atoms with Crippen LogP contribution in [0.25, 0.3) is 11.0 Å². The van der Waals surface area contributed by atoms with E-state index in [9.17, 15) is 0 Å². The summed E-state index contributed by atoms with van der Waals surface area (Å²) in [7, 11) is 0. The van der Waals surface area contributed by atoms with E-state index in [0.717, 1.165) is 10.7 Å². The zero-order chi connectivity index (χ0) is 12.6. The molecular formula is C13H19N3S. The number of hydrogen-bond donors (Lipinski definition) is 1. The molecule has 4 heteroatoms. The molecule has 0 radical (unpaired) electrons. The van der Waals surface area contributed by atoms with Crippen LogP contribution in [0.3, 0.4) is 0 Å². The fourth-order valence-corrected chi connectivity index (χ4v) is 2.77. The molecule has 0 aliphatic heterocycles. The number of nitrogens with zero attached hydrogens (tertiary/aromatic N) is 2. The first-order chi connectivity index (χ1) is 8.02. The van der Waals surface area contributed by atoms with Gasteiger partial charge in [-0.05, 0) is 25.8 Å². The standard InChI is InChI=1S/C13H19N3S/c1-8(2)11(6-14)5-12-10(4)15-13-16(12)7-9(3)17-13/h5,7-8H,6,14H2,1-4H3. The van der Waals surface area contributed by atoms with Gasteiger partial charge in [0.05, 0.1) is 11.4 Å². The smallest absolute Gasteiger partial charge is 0.194 e. The number of nitrogens with two attached hydrogens (primary N) is 1. The molecule has 17 heavy (non-hydrogen) atoms. The highest BCUT2D eigenvalue weighted by atomic mass is 32.1. The lowest BCUT2D eigenvalue weighted by molar-refractivity contribution is 0.752. The summed E-state index contributed by atoms with van der Waals surface area (Å²) in [5, 5.41) is 0. The molecule has 2 aromatic rings. The fraction of sp³-hybridized carbons (Fsp3) is 0.462. The maximum absolute atomic E-state index is 5.79. The monoisotopic (exact) mass is 249 g/mol. The molecule has 0 saturated heterocycles. The van der Waals surface area contributed by atoms with Crippen LogP contribution in [0, 0.1) is 19.8 Å². The quantitative estimate of drug-likeness (QED) is 0.908. The third kappa shape index (κ3) is 2.28. The van der Waals surface area contributed by atoms with Crippen LogP contribution in [0.4, 0.5) is 0 Å². The van der Waals surface area contributed by atoms with Gasteiger partial charge in [0, 0.05) is 17.6 Å². The Balaban J connectivity index is 2.57. The molecule has 0 amide bonds. The molecule has 2 aromatic heterocycles. The summed E-state index contributed by atoms with van der Waals surface area (Å²) in [5.41, 5.74) is 9.29. The van der Waals surface area contributed by atoms with Crippen molar-refractivity contribution < 1.29 is 0 Å². The highest BCUT2D eigenvalue weighted by Gasteiger charge is 2.10. The largest absolute Gasteiger partial charge is 0.327 e. The Bertz CT molecular complexity index is 560. The Hall–Kier alpha value is -1.13. The predicted octanol–water partition coefficient (Wildman–Crippen LogP) is 3.01.